The second-order valence-electron chi connectivity index (χ2n) is 6.04. The van der Waals surface area contributed by atoms with Crippen molar-refractivity contribution in [2.75, 3.05) is 26.7 Å². The lowest BCUT2D eigenvalue weighted by Gasteiger charge is -2.40. The zero-order chi connectivity index (χ0) is 14.5. The number of hydrogen-bond acceptors (Lipinski definition) is 2. The molecule has 1 heterocycles. The molecule has 2 rings (SSSR count). The van der Waals surface area contributed by atoms with E-state index in [4.69, 9.17) is 11.6 Å². The minimum Gasteiger partial charge on any atom is -0.316 e. The molecule has 0 aromatic heterocycles. The molecule has 0 bridgehead atoms. The van der Waals surface area contributed by atoms with Gasteiger partial charge < -0.3 is 5.32 Å². The maximum atomic E-state index is 6.32. The van der Waals surface area contributed by atoms with Crippen LogP contribution < -0.4 is 5.32 Å². The smallest absolute Gasteiger partial charge is 0.0438 e. The maximum Gasteiger partial charge on any atom is 0.0438 e. The average Bonchev–Trinajstić information content (AvgIpc) is 2.43. The SMILES string of the molecule is CCCNCC1CCCN(C)C1c1ccc(C)c(Cl)c1. The quantitative estimate of drug-likeness (QED) is 0.825. The molecule has 2 nitrogen and oxygen atoms in total. The molecule has 1 saturated heterocycles. The van der Waals surface area contributed by atoms with Crippen LogP contribution in [0.25, 0.3) is 0 Å². The Morgan fingerprint density at radius 1 is 1.40 bits per heavy atom. The van der Waals surface area contributed by atoms with Crippen LogP contribution in [0.2, 0.25) is 5.02 Å². The van der Waals surface area contributed by atoms with Gasteiger partial charge in [0.25, 0.3) is 0 Å². The first kappa shape index (κ1) is 15.8. The lowest BCUT2D eigenvalue weighted by atomic mass is 9.84. The molecule has 1 fully saturated rings. The van der Waals surface area contributed by atoms with E-state index in [1.165, 1.54) is 31.4 Å². The van der Waals surface area contributed by atoms with Gasteiger partial charge in [0, 0.05) is 11.1 Å². The van der Waals surface area contributed by atoms with E-state index in [2.05, 4.69) is 49.3 Å². The Morgan fingerprint density at radius 2 is 2.20 bits per heavy atom. The summed E-state index contributed by atoms with van der Waals surface area (Å²) in [6.45, 7) is 7.69. The molecule has 1 aliphatic heterocycles. The standard InChI is InChI=1S/C17H27ClN2/c1-4-9-19-12-15-6-5-10-20(3)17(15)14-8-7-13(2)16(18)11-14/h7-8,11,15,17,19H,4-6,9-10,12H2,1-3H3. The average molecular weight is 295 g/mol. The van der Waals surface area contributed by atoms with Gasteiger partial charge in [-0.05, 0) is 76.0 Å². The summed E-state index contributed by atoms with van der Waals surface area (Å²) in [6.07, 6.45) is 3.80. The number of nitrogens with one attached hydrogen (secondary N) is 1. The van der Waals surface area contributed by atoms with Crippen molar-refractivity contribution in [3.63, 3.8) is 0 Å². The normalized spacial score (nSPS) is 24.0. The van der Waals surface area contributed by atoms with Crippen LogP contribution in [0.5, 0.6) is 0 Å². The minimum atomic E-state index is 0.492. The van der Waals surface area contributed by atoms with Crippen molar-refractivity contribution in [3.05, 3.63) is 34.3 Å². The number of benzene rings is 1. The van der Waals surface area contributed by atoms with Gasteiger partial charge in [-0.3, -0.25) is 4.90 Å². The van der Waals surface area contributed by atoms with Crippen molar-refractivity contribution in [3.8, 4) is 0 Å². The highest BCUT2D eigenvalue weighted by Crippen LogP contribution is 2.36. The zero-order valence-corrected chi connectivity index (χ0v) is 13.7. The Labute approximate surface area is 128 Å². The minimum absolute atomic E-state index is 0.492. The lowest BCUT2D eigenvalue weighted by molar-refractivity contribution is 0.119. The summed E-state index contributed by atoms with van der Waals surface area (Å²) >= 11 is 6.32. The zero-order valence-electron chi connectivity index (χ0n) is 13.0. The van der Waals surface area contributed by atoms with E-state index in [-0.39, 0.29) is 0 Å². The number of hydrogen-bond donors (Lipinski definition) is 1. The van der Waals surface area contributed by atoms with Crippen LogP contribution >= 0.6 is 11.6 Å². The third kappa shape index (κ3) is 3.75. The highest BCUT2D eigenvalue weighted by atomic mass is 35.5. The summed E-state index contributed by atoms with van der Waals surface area (Å²) in [6, 6.07) is 7.05. The van der Waals surface area contributed by atoms with Crippen LogP contribution in [0.1, 0.15) is 43.4 Å². The Kier molecular flexibility index (Phi) is 5.88. The fraction of sp³-hybridized carbons (Fsp3) is 0.647. The van der Waals surface area contributed by atoms with Crippen molar-refractivity contribution >= 4 is 11.6 Å². The van der Waals surface area contributed by atoms with Gasteiger partial charge in [-0.1, -0.05) is 30.7 Å². The van der Waals surface area contributed by atoms with E-state index >= 15 is 0 Å². The second kappa shape index (κ2) is 7.44. The number of likely N-dealkylation sites (tertiary alicyclic amines) is 1. The molecule has 112 valence electrons. The van der Waals surface area contributed by atoms with Gasteiger partial charge in [0.2, 0.25) is 0 Å². The fourth-order valence-electron chi connectivity index (χ4n) is 3.26. The van der Waals surface area contributed by atoms with Gasteiger partial charge in [-0.15, -0.1) is 0 Å². The van der Waals surface area contributed by atoms with Crippen LogP contribution in [-0.2, 0) is 0 Å². The Balaban J connectivity index is 2.15. The summed E-state index contributed by atoms with van der Waals surface area (Å²) in [4.78, 5) is 2.49. The van der Waals surface area contributed by atoms with Crippen molar-refractivity contribution in [1.29, 1.82) is 0 Å². The van der Waals surface area contributed by atoms with Gasteiger partial charge in [0.1, 0.15) is 0 Å². The lowest BCUT2D eigenvalue weighted by Crippen LogP contribution is -2.40. The molecule has 1 aromatic carbocycles. The van der Waals surface area contributed by atoms with E-state index in [1.807, 2.05) is 0 Å². The number of piperidine rings is 1. The van der Waals surface area contributed by atoms with Crippen LogP contribution in [0, 0.1) is 12.8 Å². The maximum absolute atomic E-state index is 6.32. The first-order chi connectivity index (χ1) is 9.63. The van der Waals surface area contributed by atoms with Crippen molar-refractivity contribution in [2.24, 2.45) is 5.92 Å². The van der Waals surface area contributed by atoms with E-state index in [9.17, 15) is 0 Å². The molecule has 20 heavy (non-hydrogen) atoms. The molecule has 2 unspecified atom stereocenters. The van der Waals surface area contributed by atoms with Gasteiger partial charge in [-0.2, -0.15) is 0 Å². The number of aryl methyl sites for hydroxylation is 1. The molecule has 0 spiro atoms. The molecule has 1 aromatic rings. The van der Waals surface area contributed by atoms with Gasteiger partial charge >= 0.3 is 0 Å². The molecular formula is C17H27ClN2. The summed E-state index contributed by atoms with van der Waals surface area (Å²) in [5.41, 5.74) is 2.53. The first-order valence-corrected chi connectivity index (χ1v) is 8.18. The van der Waals surface area contributed by atoms with E-state index < -0.39 is 0 Å². The topological polar surface area (TPSA) is 15.3 Å². The van der Waals surface area contributed by atoms with Gasteiger partial charge in [0.15, 0.2) is 0 Å². The molecule has 1 aliphatic rings. The molecule has 0 aliphatic carbocycles. The van der Waals surface area contributed by atoms with Gasteiger partial charge in [0.05, 0.1) is 0 Å². The van der Waals surface area contributed by atoms with Crippen molar-refractivity contribution in [1.82, 2.24) is 10.2 Å². The molecule has 1 N–H and O–H groups in total. The molecule has 3 heteroatoms. The van der Waals surface area contributed by atoms with Crippen LogP contribution in [-0.4, -0.2) is 31.6 Å². The Hall–Kier alpha value is -0.570. The van der Waals surface area contributed by atoms with E-state index in [0.29, 0.717) is 12.0 Å². The molecular weight excluding hydrogens is 268 g/mol. The second-order valence-corrected chi connectivity index (χ2v) is 6.45. The predicted octanol–water partition coefficient (Wildman–Crippen LogP) is 4.03. The fourth-order valence-corrected chi connectivity index (χ4v) is 3.45. The largest absolute Gasteiger partial charge is 0.316 e. The third-order valence-corrected chi connectivity index (χ3v) is 4.79. The van der Waals surface area contributed by atoms with E-state index in [0.717, 1.165) is 23.7 Å². The van der Waals surface area contributed by atoms with Crippen LogP contribution in [0.4, 0.5) is 0 Å². The summed E-state index contributed by atoms with van der Waals surface area (Å²) < 4.78 is 0. The Morgan fingerprint density at radius 3 is 2.90 bits per heavy atom. The van der Waals surface area contributed by atoms with Crippen molar-refractivity contribution < 1.29 is 0 Å². The van der Waals surface area contributed by atoms with E-state index in [1.54, 1.807) is 0 Å². The molecule has 0 saturated carbocycles. The summed E-state index contributed by atoms with van der Waals surface area (Å²) in [5, 5.41) is 4.48. The third-order valence-electron chi connectivity index (χ3n) is 4.38. The number of rotatable bonds is 5. The molecule has 2 atom stereocenters. The van der Waals surface area contributed by atoms with Crippen molar-refractivity contribution in [2.45, 2.75) is 39.2 Å². The van der Waals surface area contributed by atoms with Gasteiger partial charge in [-0.25, -0.2) is 0 Å². The van der Waals surface area contributed by atoms with Crippen LogP contribution in [0.3, 0.4) is 0 Å². The van der Waals surface area contributed by atoms with Crippen LogP contribution in [0.15, 0.2) is 18.2 Å². The summed E-state index contributed by atoms with van der Waals surface area (Å²) in [7, 11) is 2.24. The number of halogens is 1. The molecule has 0 amide bonds. The molecule has 0 radical (unpaired) electrons. The first-order valence-electron chi connectivity index (χ1n) is 7.80. The Bertz CT molecular complexity index is 433. The summed E-state index contributed by atoms with van der Waals surface area (Å²) in [5.74, 6) is 0.680. The number of nitrogens with zero attached hydrogens (tertiary/aromatic N) is 1. The highest BCUT2D eigenvalue weighted by Gasteiger charge is 2.30. The monoisotopic (exact) mass is 294 g/mol. The highest BCUT2D eigenvalue weighted by molar-refractivity contribution is 6.31. The predicted molar refractivity (Wildman–Crippen MR) is 87.4 cm³/mol.